The number of halogens is 3. The Labute approximate surface area is 121 Å². The van der Waals surface area contributed by atoms with E-state index in [1.165, 1.54) is 0 Å². The van der Waals surface area contributed by atoms with Gasteiger partial charge in [0.2, 0.25) is 0 Å². The lowest BCUT2D eigenvalue weighted by molar-refractivity contribution is 0.202. The summed E-state index contributed by atoms with van der Waals surface area (Å²) in [6, 6.07) is 9.58. The zero-order valence-electron chi connectivity index (χ0n) is 11.6. The molecule has 0 amide bonds. The first-order valence-electron chi connectivity index (χ1n) is 6.56. The van der Waals surface area contributed by atoms with Gasteiger partial charge in [-0.05, 0) is 35.7 Å². The van der Waals surface area contributed by atoms with Crippen LogP contribution in [0, 0.1) is 17.5 Å². The molecule has 0 heterocycles. The number of benzene rings is 2. The fraction of sp³-hybridized carbons (Fsp3) is 0.250. The van der Waals surface area contributed by atoms with E-state index in [0.717, 1.165) is 29.8 Å². The maximum absolute atomic E-state index is 13.2. The number of nitrogens with one attached hydrogen (secondary N) is 1. The summed E-state index contributed by atoms with van der Waals surface area (Å²) in [7, 11) is 1.63. The molecule has 0 spiro atoms. The Balaban J connectivity index is 2.09. The Hall–Kier alpha value is -2.01. The molecule has 2 rings (SSSR count). The van der Waals surface area contributed by atoms with Crippen LogP contribution >= 0.6 is 0 Å². The topological polar surface area (TPSA) is 21.3 Å². The van der Waals surface area contributed by atoms with Gasteiger partial charge in [0.15, 0.2) is 17.5 Å². The van der Waals surface area contributed by atoms with Crippen LogP contribution in [0.25, 0.3) is 0 Å². The first kappa shape index (κ1) is 15.4. The molecule has 0 radical (unpaired) electrons. The van der Waals surface area contributed by atoms with Gasteiger partial charge in [-0.15, -0.1) is 0 Å². The smallest absolute Gasteiger partial charge is 0.194 e. The Morgan fingerprint density at radius 3 is 2.38 bits per heavy atom. The Morgan fingerprint density at radius 1 is 1.05 bits per heavy atom. The van der Waals surface area contributed by atoms with Gasteiger partial charge in [-0.2, -0.15) is 0 Å². The second-order valence-corrected chi connectivity index (χ2v) is 4.63. The van der Waals surface area contributed by atoms with Crippen LogP contribution in [0.2, 0.25) is 0 Å². The molecule has 0 fully saturated rings. The average Bonchev–Trinajstić information content (AvgIpc) is 2.49. The van der Waals surface area contributed by atoms with Crippen molar-refractivity contribution in [2.24, 2.45) is 0 Å². The number of rotatable bonds is 6. The predicted octanol–water partition coefficient (Wildman–Crippen LogP) is 3.90. The summed E-state index contributed by atoms with van der Waals surface area (Å²) >= 11 is 0. The molecule has 1 N–H and O–H groups in total. The summed E-state index contributed by atoms with van der Waals surface area (Å²) in [6.45, 7) is 0.788. The summed E-state index contributed by atoms with van der Waals surface area (Å²) < 4.78 is 44.2. The molecule has 0 aliphatic rings. The van der Waals surface area contributed by atoms with Crippen molar-refractivity contribution in [2.45, 2.75) is 13.0 Å². The minimum Gasteiger partial charge on any atom is -0.384 e. The fourth-order valence-corrected chi connectivity index (χ4v) is 2.03. The van der Waals surface area contributed by atoms with Gasteiger partial charge in [0.25, 0.3) is 0 Å². The zero-order chi connectivity index (χ0) is 15.2. The SMILES string of the molecule is COCCc1ccccc1NCc1cc(F)c(F)c(F)c1. The quantitative estimate of drug-likeness (QED) is 0.816. The van der Waals surface area contributed by atoms with E-state index in [1.807, 2.05) is 24.3 Å². The van der Waals surface area contributed by atoms with Gasteiger partial charge in [0.05, 0.1) is 6.61 Å². The summed E-state index contributed by atoms with van der Waals surface area (Å²) in [5.41, 5.74) is 2.25. The zero-order valence-corrected chi connectivity index (χ0v) is 11.6. The average molecular weight is 295 g/mol. The molecule has 5 heteroatoms. The largest absolute Gasteiger partial charge is 0.384 e. The summed E-state index contributed by atoms with van der Waals surface area (Å²) in [5.74, 6) is -3.81. The number of hydrogen-bond donors (Lipinski definition) is 1. The third-order valence-corrected chi connectivity index (χ3v) is 3.12. The second-order valence-electron chi connectivity index (χ2n) is 4.63. The van der Waals surface area contributed by atoms with Crippen LogP contribution in [0.4, 0.5) is 18.9 Å². The second kappa shape index (κ2) is 7.13. The van der Waals surface area contributed by atoms with E-state index in [-0.39, 0.29) is 6.54 Å². The number of anilines is 1. The van der Waals surface area contributed by atoms with E-state index in [1.54, 1.807) is 7.11 Å². The molecular formula is C16H16F3NO. The van der Waals surface area contributed by atoms with Crippen LogP contribution in [0.5, 0.6) is 0 Å². The van der Waals surface area contributed by atoms with Gasteiger partial charge in [-0.3, -0.25) is 0 Å². The van der Waals surface area contributed by atoms with Crippen LogP contribution < -0.4 is 5.32 Å². The summed E-state index contributed by atoms with van der Waals surface area (Å²) in [6.07, 6.45) is 0.728. The highest BCUT2D eigenvalue weighted by Gasteiger charge is 2.10. The van der Waals surface area contributed by atoms with E-state index >= 15 is 0 Å². The Bertz CT molecular complexity index is 593. The van der Waals surface area contributed by atoms with E-state index in [2.05, 4.69) is 5.32 Å². The van der Waals surface area contributed by atoms with Gasteiger partial charge in [0, 0.05) is 19.3 Å². The van der Waals surface area contributed by atoms with Crippen molar-refractivity contribution in [1.29, 1.82) is 0 Å². The molecule has 0 saturated carbocycles. The molecule has 0 aliphatic heterocycles. The van der Waals surface area contributed by atoms with E-state index in [0.29, 0.717) is 12.2 Å². The molecule has 21 heavy (non-hydrogen) atoms. The molecule has 2 aromatic carbocycles. The van der Waals surface area contributed by atoms with Gasteiger partial charge in [-0.25, -0.2) is 13.2 Å². The van der Waals surface area contributed by atoms with E-state index < -0.39 is 17.5 Å². The van der Waals surface area contributed by atoms with Crippen molar-refractivity contribution in [2.75, 3.05) is 19.0 Å². The Kier molecular flexibility index (Phi) is 5.22. The van der Waals surface area contributed by atoms with Crippen LogP contribution in [-0.4, -0.2) is 13.7 Å². The highest BCUT2D eigenvalue weighted by atomic mass is 19.2. The van der Waals surface area contributed by atoms with Crippen molar-refractivity contribution in [3.05, 3.63) is 65.0 Å². The van der Waals surface area contributed by atoms with Crippen LogP contribution in [0.1, 0.15) is 11.1 Å². The van der Waals surface area contributed by atoms with Crippen molar-refractivity contribution in [3.8, 4) is 0 Å². The molecule has 0 bridgehead atoms. The van der Waals surface area contributed by atoms with Crippen molar-refractivity contribution >= 4 is 5.69 Å². The minimum absolute atomic E-state index is 0.206. The molecule has 0 unspecified atom stereocenters. The number of methoxy groups -OCH3 is 1. The fourth-order valence-electron chi connectivity index (χ4n) is 2.03. The van der Waals surface area contributed by atoms with Crippen molar-refractivity contribution in [1.82, 2.24) is 0 Å². The van der Waals surface area contributed by atoms with E-state index in [4.69, 9.17) is 4.74 Å². The molecule has 2 aromatic rings. The lowest BCUT2D eigenvalue weighted by Gasteiger charge is -2.12. The molecule has 112 valence electrons. The molecule has 0 aliphatic carbocycles. The van der Waals surface area contributed by atoms with Gasteiger partial charge >= 0.3 is 0 Å². The lowest BCUT2D eigenvalue weighted by Crippen LogP contribution is -2.05. The van der Waals surface area contributed by atoms with E-state index in [9.17, 15) is 13.2 Å². The van der Waals surface area contributed by atoms with Crippen molar-refractivity contribution < 1.29 is 17.9 Å². The third-order valence-electron chi connectivity index (χ3n) is 3.12. The first-order chi connectivity index (χ1) is 10.1. The molecule has 0 saturated heterocycles. The summed E-state index contributed by atoms with van der Waals surface area (Å²) in [4.78, 5) is 0. The van der Waals surface area contributed by atoms with Crippen LogP contribution in [-0.2, 0) is 17.7 Å². The minimum atomic E-state index is -1.45. The van der Waals surface area contributed by atoms with Gasteiger partial charge < -0.3 is 10.1 Å². The summed E-state index contributed by atoms with van der Waals surface area (Å²) in [5, 5.41) is 3.10. The van der Waals surface area contributed by atoms with Crippen molar-refractivity contribution in [3.63, 3.8) is 0 Å². The van der Waals surface area contributed by atoms with Crippen LogP contribution in [0.3, 0.4) is 0 Å². The highest BCUT2D eigenvalue weighted by molar-refractivity contribution is 5.51. The maximum Gasteiger partial charge on any atom is 0.194 e. The van der Waals surface area contributed by atoms with Crippen LogP contribution in [0.15, 0.2) is 36.4 Å². The molecular weight excluding hydrogens is 279 g/mol. The van der Waals surface area contributed by atoms with Gasteiger partial charge in [-0.1, -0.05) is 18.2 Å². The normalized spacial score (nSPS) is 10.7. The molecule has 0 aromatic heterocycles. The first-order valence-corrected chi connectivity index (χ1v) is 6.56. The van der Waals surface area contributed by atoms with Gasteiger partial charge in [0.1, 0.15) is 0 Å². The monoisotopic (exact) mass is 295 g/mol. The number of hydrogen-bond acceptors (Lipinski definition) is 2. The predicted molar refractivity (Wildman–Crippen MR) is 75.7 cm³/mol. The molecule has 2 nitrogen and oxygen atoms in total. The number of ether oxygens (including phenoxy) is 1. The Morgan fingerprint density at radius 2 is 1.71 bits per heavy atom. The maximum atomic E-state index is 13.2. The third kappa shape index (κ3) is 3.98. The number of para-hydroxylation sites is 1. The highest BCUT2D eigenvalue weighted by Crippen LogP contribution is 2.18. The lowest BCUT2D eigenvalue weighted by atomic mass is 10.1. The molecule has 0 atom stereocenters. The standard InChI is InChI=1S/C16H16F3NO/c1-21-7-6-12-4-2-3-5-15(12)20-10-11-8-13(17)16(19)14(18)9-11/h2-5,8-9,20H,6-7,10H2,1H3.